The maximum absolute atomic E-state index is 11.5. The lowest BCUT2D eigenvalue weighted by Crippen LogP contribution is -2.44. The van der Waals surface area contributed by atoms with Gasteiger partial charge in [-0.05, 0) is 6.42 Å². The third-order valence-electron chi connectivity index (χ3n) is 3.26. The van der Waals surface area contributed by atoms with Gasteiger partial charge in [0.15, 0.2) is 0 Å². The summed E-state index contributed by atoms with van der Waals surface area (Å²) in [4.78, 5) is 24.9. The molecule has 1 N–H and O–H groups in total. The number of rotatable bonds is 2. The van der Waals surface area contributed by atoms with Crippen LogP contribution in [0.15, 0.2) is 10.9 Å². The smallest absolute Gasteiger partial charge is 0.310 e. The van der Waals surface area contributed by atoms with Crippen LogP contribution >= 0.6 is 11.6 Å². The van der Waals surface area contributed by atoms with Crippen molar-refractivity contribution in [2.45, 2.75) is 12.8 Å². The molecule has 0 saturated carbocycles. The number of hydrogen-bond donors (Lipinski definition) is 1. The number of esters is 1. The Balaban J connectivity index is 2.11. The third kappa shape index (κ3) is 2.38. The summed E-state index contributed by atoms with van der Waals surface area (Å²) in [6.45, 7) is 1.27. The number of amides is 1. The highest BCUT2D eigenvalue weighted by Crippen LogP contribution is 2.29. The minimum absolute atomic E-state index is 0.0987. The molecular weight excluding hydrogens is 258 g/mol. The van der Waals surface area contributed by atoms with E-state index in [4.69, 9.17) is 16.3 Å². The molecule has 1 fully saturated rings. The highest BCUT2D eigenvalue weighted by Gasteiger charge is 2.33. The van der Waals surface area contributed by atoms with Crippen LogP contribution in [0.3, 0.4) is 0 Å². The van der Waals surface area contributed by atoms with Crippen molar-refractivity contribution in [3.05, 3.63) is 10.9 Å². The van der Waals surface area contributed by atoms with Crippen LogP contribution in [0.4, 0.5) is 0 Å². The zero-order chi connectivity index (χ0) is 13.3. The summed E-state index contributed by atoms with van der Waals surface area (Å²) in [6.07, 6.45) is 0.975. The van der Waals surface area contributed by atoms with E-state index >= 15 is 0 Å². The van der Waals surface area contributed by atoms with E-state index in [-0.39, 0.29) is 24.2 Å². The average Bonchev–Trinajstić information content (AvgIpc) is 2.82. The standard InChI is InChI=1S/C11H16ClN3O3/c1-14-10(12)8(5-9(16)13-14)15-4-3-7(6-15)11(17)18-2/h7H,3-6H2,1-2H3,(H,13,16). The number of ether oxygens (including phenoxy) is 1. The van der Waals surface area contributed by atoms with Crippen LogP contribution in [-0.4, -0.2) is 49.0 Å². The van der Waals surface area contributed by atoms with Crippen LogP contribution in [0, 0.1) is 5.92 Å². The Kier molecular flexibility index (Phi) is 3.65. The Morgan fingerprint density at radius 2 is 2.28 bits per heavy atom. The molecule has 2 rings (SSSR count). The van der Waals surface area contributed by atoms with E-state index in [1.807, 2.05) is 4.90 Å². The Morgan fingerprint density at radius 3 is 2.94 bits per heavy atom. The van der Waals surface area contributed by atoms with Gasteiger partial charge in [-0.1, -0.05) is 11.6 Å². The molecule has 2 aliphatic heterocycles. The van der Waals surface area contributed by atoms with Crippen LogP contribution < -0.4 is 5.43 Å². The average molecular weight is 274 g/mol. The second kappa shape index (κ2) is 5.06. The molecule has 1 unspecified atom stereocenters. The molecule has 18 heavy (non-hydrogen) atoms. The monoisotopic (exact) mass is 273 g/mol. The summed E-state index contributed by atoms with van der Waals surface area (Å²) < 4.78 is 4.73. The van der Waals surface area contributed by atoms with Crippen molar-refractivity contribution in [1.82, 2.24) is 15.3 Å². The van der Waals surface area contributed by atoms with Crippen LogP contribution in [0.2, 0.25) is 0 Å². The van der Waals surface area contributed by atoms with Crippen molar-refractivity contribution in [2.24, 2.45) is 5.92 Å². The van der Waals surface area contributed by atoms with E-state index in [0.29, 0.717) is 18.2 Å². The number of hydrogen-bond acceptors (Lipinski definition) is 5. The molecule has 0 radical (unpaired) electrons. The summed E-state index contributed by atoms with van der Waals surface area (Å²) in [5.74, 6) is -0.441. The van der Waals surface area contributed by atoms with Gasteiger partial charge in [-0.2, -0.15) is 0 Å². The van der Waals surface area contributed by atoms with Crippen LogP contribution in [0.25, 0.3) is 0 Å². The molecule has 7 heteroatoms. The number of hydrazine groups is 1. The third-order valence-corrected chi connectivity index (χ3v) is 3.73. The first-order valence-corrected chi connectivity index (χ1v) is 6.15. The predicted octanol–water partition coefficient (Wildman–Crippen LogP) is 0.256. The normalized spacial score (nSPS) is 24.4. The summed E-state index contributed by atoms with van der Waals surface area (Å²) >= 11 is 6.17. The molecule has 0 bridgehead atoms. The lowest BCUT2D eigenvalue weighted by atomic mass is 10.1. The Morgan fingerprint density at radius 1 is 1.56 bits per heavy atom. The molecule has 6 nitrogen and oxygen atoms in total. The van der Waals surface area contributed by atoms with Crippen molar-refractivity contribution in [3.63, 3.8) is 0 Å². The molecule has 1 atom stereocenters. The first kappa shape index (κ1) is 13.0. The zero-order valence-corrected chi connectivity index (χ0v) is 11.2. The molecule has 0 aromatic carbocycles. The fraction of sp³-hybridized carbons (Fsp3) is 0.636. The number of likely N-dealkylation sites (tertiary alicyclic amines) is 1. The minimum Gasteiger partial charge on any atom is -0.469 e. The van der Waals surface area contributed by atoms with E-state index in [2.05, 4.69) is 5.43 Å². The first-order valence-electron chi connectivity index (χ1n) is 5.77. The molecule has 1 saturated heterocycles. The highest BCUT2D eigenvalue weighted by molar-refractivity contribution is 6.29. The van der Waals surface area contributed by atoms with E-state index in [1.165, 1.54) is 12.1 Å². The highest BCUT2D eigenvalue weighted by atomic mass is 35.5. The van der Waals surface area contributed by atoms with Crippen molar-refractivity contribution in [2.75, 3.05) is 27.2 Å². The molecule has 0 aliphatic carbocycles. The van der Waals surface area contributed by atoms with Gasteiger partial charge in [-0.15, -0.1) is 0 Å². The number of carbonyl (C=O) groups is 2. The quantitative estimate of drug-likeness (QED) is 0.577. The fourth-order valence-electron chi connectivity index (χ4n) is 2.30. The topological polar surface area (TPSA) is 61.9 Å². The van der Waals surface area contributed by atoms with Gasteiger partial charge in [-0.3, -0.25) is 20.0 Å². The molecule has 0 aromatic rings. The molecule has 100 valence electrons. The fourth-order valence-corrected chi connectivity index (χ4v) is 2.53. The summed E-state index contributed by atoms with van der Waals surface area (Å²) in [5, 5.41) is 1.99. The van der Waals surface area contributed by atoms with Crippen molar-refractivity contribution in [3.8, 4) is 0 Å². The van der Waals surface area contributed by atoms with Crippen molar-refractivity contribution >= 4 is 23.5 Å². The van der Waals surface area contributed by atoms with Gasteiger partial charge in [0.1, 0.15) is 5.16 Å². The number of carbonyl (C=O) groups excluding carboxylic acids is 2. The lowest BCUT2D eigenvalue weighted by Gasteiger charge is -2.32. The van der Waals surface area contributed by atoms with E-state index < -0.39 is 0 Å². The predicted molar refractivity (Wildman–Crippen MR) is 65.1 cm³/mol. The van der Waals surface area contributed by atoms with Crippen LogP contribution in [0.1, 0.15) is 12.8 Å². The van der Waals surface area contributed by atoms with Crippen molar-refractivity contribution in [1.29, 1.82) is 0 Å². The summed E-state index contributed by atoms with van der Waals surface area (Å²) in [7, 11) is 3.08. The van der Waals surface area contributed by atoms with Gasteiger partial charge in [0, 0.05) is 20.1 Å². The largest absolute Gasteiger partial charge is 0.469 e. The maximum Gasteiger partial charge on any atom is 0.310 e. The van der Waals surface area contributed by atoms with E-state index in [9.17, 15) is 9.59 Å². The molecule has 2 heterocycles. The molecule has 0 aromatic heterocycles. The van der Waals surface area contributed by atoms with Gasteiger partial charge in [0.25, 0.3) is 0 Å². The maximum atomic E-state index is 11.5. The number of methoxy groups -OCH3 is 1. The molecule has 0 spiro atoms. The van der Waals surface area contributed by atoms with E-state index in [1.54, 1.807) is 7.05 Å². The first-order chi connectivity index (χ1) is 8.52. The van der Waals surface area contributed by atoms with Gasteiger partial charge in [0.05, 0.1) is 25.1 Å². The number of halogens is 1. The second-order valence-corrected chi connectivity index (χ2v) is 4.82. The summed E-state index contributed by atoms with van der Waals surface area (Å²) in [6, 6.07) is 0. The van der Waals surface area contributed by atoms with Gasteiger partial charge < -0.3 is 9.64 Å². The van der Waals surface area contributed by atoms with Crippen molar-refractivity contribution < 1.29 is 14.3 Å². The number of nitrogens with zero attached hydrogens (tertiary/aromatic N) is 2. The zero-order valence-electron chi connectivity index (χ0n) is 10.4. The van der Waals surface area contributed by atoms with Crippen LogP contribution in [-0.2, 0) is 14.3 Å². The SMILES string of the molecule is COC(=O)C1CCN(C2=C(Cl)N(C)NC(=O)C2)C1. The van der Waals surface area contributed by atoms with E-state index in [0.717, 1.165) is 12.1 Å². The van der Waals surface area contributed by atoms with Crippen LogP contribution in [0.5, 0.6) is 0 Å². The molecular formula is C11H16ClN3O3. The minimum atomic E-state index is -0.206. The summed E-state index contributed by atoms with van der Waals surface area (Å²) in [5.41, 5.74) is 3.39. The van der Waals surface area contributed by atoms with Gasteiger partial charge >= 0.3 is 5.97 Å². The molecule has 1 amide bonds. The second-order valence-electron chi connectivity index (χ2n) is 4.46. The molecule has 2 aliphatic rings. The van der Waals surface area contributed by atoms with Gasteiger partial charge in [-0.25, -0.2) is 0 Å². The Bertz CT molecular complexity index is 410. The number of nitrogens with one attached hydrogen (secondary N) is 1. The Hall–Kier alpha value is -1.43. The Labute approximate surface area is 110 Å². The van der Waals surface area contributed by atoms with Gasteiger partial charge in [0.2, 0.25) is 5.91 Å². The lowest BCUT2D eigenvalue weighted by molar-refractivity contribution is -0.144.